The van der Waals surface area contributed by atoms with E-state index in [-0.39, 0.29) is 12.0 Å². The molecule has 0 aliphatic rings. The zero-order chi connectivity index (χ0) is 21.0. The fourth-order valence-electron chi connectivity index (χ4n) is 2.90. The number of carboxylic acids is 1. The highest BCUT2D eigenvalue weighted by Gasteiger charge is 2.30. The van der Waals surface area contributed by atoms with Crippen LogP contribution in [0.3, 0.4) is 0 Å². The molecule has 0 spiro atoms. The van der Waals surface area contributed by atoms with Gasteiger partial charge in [0.05, 0.1) is 12.0 Å². The zero-order valence-corrected chi connectivity index (χ0v) is 15.0. The van der Waals surface area contributed by atoms with Gasteiger partial charge >= 0.3 is 12.1 Å². The van der Waals surface area contributed by atoms with Crippen LogP contribution in [0.4, 0.5) is 18.9 Å². The Morgan fingerprint density at radius 3 is 2.24 bits per heavy atom. The van der Waals surface area contributed by atoms with E-state index >= 15 is 0 Å². The monoisotopic (exact) mass is 399 g/mol. The van der Waals surface area contributed by atoms with Gasteiger partial charge in [0.25, 0.3) is 5.91 Å². The Bertz CT molecular complexity index is 1040. The Morgan fingerprint density at radius 1 is 0.897 bits per heavy atom. The van der Waals surface area contributed by atoms with Crippen LogP contribution in [0.2, 0.25) is 0 Å². The van der Waals surface area contributed by atoms with Crippen LogP contribution in [0.25, 0.3) is 11.1 Å². The SMILES string of the molecule is O=C(O)Cc1cccc(NC(=O)c2ccccc2-c2ccc(C(F)(F)F)cc2)c1. The maximum atomic E-state index is 12.8. The van der Waals surface area contributed by atoms with Gasteiger partial charge in [-0.1, -0.05) is 42.5 Å². The van der Waals surface area contributed by atoms with E-state index in [1.807, 2.05) is 0 Å². The number of amides is 1. The smallest absolute Gasteiger partial charge is 0.416 e. The molecule has 3 aromatic carbocycles. The van der Waals surface area contributed by atoms with Gasteiger partial charge in [0.2, 0.25) is 0 Å². The molecule has 29 heavy (non-hydrogen) atoms. The molecule has 0 unspecified atom stereocenters. The molecule has 0 aromatic heterocycles. The molecular formula is C22H16F3NO3. The topological polar surface area (TPSA) is 66.4 Å². The lowest BCUT2D eigenvalue weighted by Gasteiger charge is -2.12. The number of hydrogen-bond donors (Lipinski definition) is 2. The lowest BCUT2D eigenvalue weighted by Crippen LogP contribution is -2.13. The molecule has 0 radical (unpaired) electrons. The van der Waals surface area contributed by atoms with Crippen molar-refractivity contribution in [3.63, 3.8) is 0 Å². The van der Waals surface area contributed by atoms with Crippen LogP contribution in [-0.4, -0.2) is 17.0 Å². The first-order valence-corrected chi connectivity index (χ1v) is 8.63. The molecule has 148 valence electrons. The molecule has 0 fully saturated rings. The van der Waals surface area contributed by atoms with E-state index in [0.717, 1.165) is 12.1 Å². The Hall–Kier alpha value is -3.61. The summed E-state index contributed by atoms with van der Waals surface area (Å²) in [5, 5.41) is 11.6. The van der Waals surface area contributed by atoms with E-state index in [4.69, 9.17) is 5.11 Å². The summed E-state index contributed by atoms with van der Waals surface area (Å²) in [6, 6.07) is 17.6. The van der Waals surface area contributed by atoms with Crippen molar-refractivity contribution in [2.45, 2.75) is 12.6 Å². The molecular weight excluding hydrogens is 383 g/mol. The van der Waals surface area contributed by atoms with Crippen molar-refractivity contribution in [3.8, 4) is 11.1 Å². The largest absolute Gasteiger partial charge is 0.481 e. The van der Waals surface area contributed by atoms with Crippen LogP contribution in [-0.2, 0) is 17.4 Å². The molecule has 0 aliphatic carbocycles. The number of carbonyl (C=O) groups excluding carboxylic acids is 1. The maximum absolute atomic E-state index is 12.8. The standard InChI is InChI=1S/C22H16F3NO3/c23-22(24,25)16-10-8-15(9-11-16)18-6-1-2-7-19(18)21(29)26-17-5-3-4-14(12-17)13-20(27)28/h1-12H,13H2,(H,26,29)(H,27,28). The number of carboxylic acid groups (broad SMARTS) is 1. The minimum atomic E-state index is -4.43. The van der Waals surface area contributed by atoms with Crippen molar-refractivity contribution in [2.24, 2.45) is 0 Å². The number of aliphatic carboxylic acids is 1. The molecule has 4 nitrogen and oxygen atoms in total. The van der Waals surface area contributed by atoms with Crippen molar-refractivity contribution in [1.82, 2.24) is 0 Å². The van der Waals surface area contributed by atoms with Crippen molar-refractivity contribution in [3.05, 3.63) is 89.5 Å². The molecule has 0 saturated heterocycles. The van der Waals surface area contributed by atoms with Gasteiger partial charge in [-0.25, -0.2) is 0 Å². The summed E-state index contributed by atoms with van der Waals surface area (Å²) in [6.45, 7) is 0. The Balaban J connectivity index is 1.87. The number of benzene rings is 3. The third kappa shape index (κ3) is 5.01. The average Bonchev–Trinajstić information content (AvgIpc) is 2.67. The average molecular weight is 399 g/mol. The molecule has 3 rings (SSSR count). The van der Waals surface area contributed by atoms with Gasteiger partial charge in [-0.05, 0) is 47.0 Å². The van der Waals surface area contributed by atoms with Crippen LogP contribution in [0.15, 0.2) is 72.8 Å². The quantitative estimate of drug-likeness (QED) is 0.616. The van der Waals surface area contributed by atoms with Crippen LogP contribution in [0.5, 0.6) is 0 Å². The number of halogens is 3. The van der Waals surface area contributed by atoms with Gasteiger partial charge in [0, 0.05) is 11.3 Å². The third-order valence-corrected chi connectivity index (χ3v) is 4.24. The van der Waals surface area contributed by atoms with Crippen molar-refractivity contribution < 1.29 is 27.9 Å². The third-order valence-electron chi connectivity index (χ3n) is 4.24. The lowest BCUT2D eigenvalue weighted by atomic mass is 9.98. The summed E-state index contributed by atoms with van der Waals surface area (Å²) in [4.78, 5) is 23.6. The van der Waals surface area contributed by atoms with Crippen LogP contribution in [0, 0.1) is 0 Å². The summed E-state index contributed by atoms with van der Waals surface area (Å²) in [5.74, 6) is -1.44. The Kier molecular flexibility index (Phi) is 5.68. The van der Waals surface area contributed by atoms with E-state index in [9.17, 15) is 22.8 Å². The summed E-state index contributed by atoms with van der Waals surface area (Å²) in [7, 11) is 0. The lowest BCUT2D eigenvalue weighted by molar-refractivity contribution is -0.138. The van der Waals surface area contributed by atoms with Gasteiger partial charge in [0.1, 0.15) is 0 Å². The minimum Gasteiger partial charge on any atom is -0.481 e. The predicted octanol–water partition coefficient (Wildman–Crippen LogP) is 5.25. The zero-order valence-electron chi connectivity index (χ0n) is 15.0. The molecule has 0 heterocycles. The van der Waals surface area contributed by atoms with Crippen molar-refractivity contribution in [2.75, 3.05) is 5.32 Å². The number of nitrogens with one attached hydrogen (secondary N) is 1. The van der Waals surface area contributed by atoms with Crippen LogP contribution in [0.1, 0.15) is 21.5 Å². The van der Waals surface area contributed by atoms with Gasteiger partial charge in [0.15, 0.2) is 0 Å². The van der Waals surface area contributed by atoms with Gasteiger partial charge < -0.3 is 10.4 Å². The normalized spacial score (nSPS) is 11.1. The minimum absolute atomic E-state index is 0.175. The van der Waals surface area contributed by atoms with Crippen LogP contribution < -0.4 is 5.32 Å². The van der Waals surface area contributed by atoms with E-state index in [2.05, 4.69) is 5.32 Å². The summed E-state index contributed by atoms with van der Waals surface area (Å²) in [5.41, 5.74) is 1.44. The molecule has 3 aromatic rings. The predicted molar refractivity (Wildman–Crippen MR) is 103 cm³/mol. The highest BCUT2D eigenvalue weighted by Crippen LogP contribution is 2.32. The number of hydrogen-bond acceptors (Lipinski definition) is 2. The fourth-order valence-corrected chi connectivity index (χ4v) is 2.90. The van der Waals surface area contributed by atoms with E-state index in [0.29, 0.717) is 22.4 Å². The van der Waals surface area contributed by atoms with Crippen molar-refractivity contribution >= 4 is 17.6 Å². The van der Waals surface area contributed by atoms with Gasteiger partial charge in [-0.3, -0.25) is 9.59 Å². The summed E-state index contributed by atoms with van der Waals surface area (Å²) >= 11 is 0. The van der Waals surface area contributed by atoms with E-state index in [1.165, 1.54) is 12.1 Å². The van der Waals surface area contributed by atoms with E-state index in [1.54, 1.807) is 48.5 Å². The second-order valence-electron chi connectivity index (χ2n) is 6.35. The van der Waals surface area contributed by atoms with Crippen molar-refractivity contribution in [1.29, 1.82) is 0 Å². The van der Waals surface area contributed by atoms with E-state index < -0.39 is 23.6 Å². The molecule has 1 amide bonds. The maximum Gasteiger partial charge on any atom is 0.416 e. The highest BCUT2D eigenvalue weighted by molar-refractivity contribution is 6.08. The fraction of sp³-hybridized carbons (Fsp3) is 0.0909. The number of rotatable bonds is 5. The van der Waals surface area contributed by atoms with Gasteiger partial charge in [-0.2, -0.15) is 13.2 Å². The first-order valence-electron chi connectivity index (χ1n) is 8.63. The molecule has 2 N–H and O–H groups in total. The number of carbonyl (C=O) groups is 2. The first-order chi connectivity index (χ1) is 13.7. The molecule has 0 aliphatic heterocycles. The van der Waals surface area contributed by atoms with Crippen LogP contribution >= 0.6 is 0 Å². The second-order valence-corrected chi connectivity index (χ2v) is 6.35. The number of alkyl halides is 3. The molecule has 0 atom stereocenters. The molecule has 0 bridgehead atoms. The molecule has 7 heteroatoms. The second kappa shape index (κ2) is 8.18. The number of anilines is 1. The summed E-state index contributed by atoms with van der Waals surface area (Å²) in [6.07, 6.45) is -4.61. The first kappa shape index (κ1) is 20.1. The van der Waals surface area contributed by atoms with Gasteiger partial charge in [-0.15, -0.1) is 0 Å². The summed E-state index contributed by atoms with van der Waals surface area (Å²) < 4.78 is 38.3. The Morgan fingerprint density at radius 2 is 1.59 bits per heavy atom. The molecule has 0 saturated carbocycles. The Labute approximate surface area is 164 Å². The highest BCUT2D eigenvalue weighted by atomic mass is 19.4.